The van der Waals surface area contributed by atoms with Gasteiger partial charge in [-0.25, -0.2) is 0 Å². The number of anilines is 1. The lowest BCUT2D eigenvalue weighted by Crippen LogP contribution is -2.07. The summed E-state index contributed by atoms with van der Waals surface area (Å²) in [5.74, 6) is -0.190. The number of amides is 1. The summed E-state index contributed by atoms with van der Waals surface area (Å²) in [6.07, 6.45) is 3.26. The van der Waals surface area contributed by atoms with Crippen molar-refractivity contribution in [2.24, 2.45) is 0 Å². The van der Waals surface area contributed by atoms with Gasteiger partial charge in [0, 0.05) is 6.08 Å². The van der Waals surface area contributed by atoms with Gasteiger partial charge < -0.3 is 5.32 Å². The molecule has 0 aliphatic rings. The quantitative estimate of drug-likeness (QED) is 0.832. The molecule has 0 spiro atoms. The molecule has 86 valence electrons. The number of thiophene rings is 1. The molecular formula is C13H10ClNOS. The number of para-hydroxylation sites is 1. The topological polar surface area (TPSA) is 29.1 Å². The Bertz CT molecular complexity index is 534. The zero-order chi connectivity index (χ0) is 12.1. The van der Waals surface area contributed by atoms with Crippen molar-refractivity contribution in [2.75, 3.05) is 5.32 Å². The Kier molecular flexibility index (Phi) is 3.96. The predicted octanol–water partition coefficient (Wildman–Crippen LogP) is 4.05. The molecule has 17 heavy (non-hydrogen) atoms. The summed E-state index contributed by atoms with van der Waals surface area (Å²) in [7, 11) is 0. The van der Waals surface area contributed by atoms with Gasteiger partial charge in [0.1, 0.15) is 0 Å². The van der Waals surface area contributed by atoms with Crippen LogP contribution in [-0.2, 0) is 4.79 Å². The van der Waals surface area contributed by atoms with E-state index >= 15 is 0 Å². The van der Waals surface area contributed by atoms with Gasteiger partial charge in [0.25, 0.3) is 0 Å². The average Bonchev–Trinajstić information content (AvgIpc) is 2.82. The van der Waals surface area contributed by atoms with E-state index < -0.39 is 0 Å². The SMILES string of the molecule is O=C(/C=C/c1ccsc1)Nc1ccccc1Cl. The maximum absolute atomic E-state index is 11.6. The monoisotopic (exact) mass is 263 g/mol. The summed E-state index contributed by atoms with van der Waals surface area (Å²) < 4.78 is 0. The Balaban J connectivity index is 2.01. The molecule has 0 aliphatic carbocycles. The average molecular weight is 264 g/mol. The maximum Gasteiger partial charge on any atom is 0.248 e. The first-order valence-corrected chi connectivity index (χ1v) is 6.33. The summed E-state index contributed by atoms with van der Waals surface area (Å²) in [4.78, 5) is 11.6. The molecule has 1 heterocycles. The van der Waals surface area contributed by atoms with Gasteiger partial charge in [0.2, 0.25) is 5.91 Å². The summed E-state index contributed by atoms with van der Waals surface area (Å²) >= 11 is 7.52. The van der Waals surface area contributed by atoms with E-state index in [1.54, 1.807) is 29.5 Å². The van der Waals surface area contributed by atoms with E-state index in [1.165, 1.54) is 6.08 Å². The highest BCUT2D eigenvalue weighted by molar-refractivity contribution is 7.08. The van der Waals surface area contributed by atoms with Crippen molar-refractivity contribution in [3.05, 3.63) is 57.8 Å². The van der Waals surface area contributed by atoms with Gasteiger partial charge in [-0.2, -0.15) is 11.3 Å². The van der Waals surface area contributed by atoms with Gasteiger partial charge in [0.15, 0.2) is 0 Å². The predicted molar refractivity (Wildman–Crippen MR) is 73.4 cm³/mol. The number of halogens is 1. The van der Waals surface area contributed by atoms with Crippen LogP contribution in [0.5, 0.6) is 0 Å². The molecule has 1 amide bonds. The van der Waals surface area contributed by atoms with Crippen LogP contribution in [-0.4, -0.2) is 5.91 Å². The third-order valence-electron chi connectivity index (χ3n) is 2.10. The standard InChI is InChI=1S/C13H10ClNOS/c14-11-3-1-2-4-12(11)15-13(16)6-5-10-7-8-17-9-10/h1-9H,(H,15,16)/b6-5+. The Hall–Kier alpha value is -1.58. The molecule has 1 aromatic carbocycles. The van der Waals surface area contributed by atoms with Crippen LogP contribution in [0.4, 0.5) is 5.69 Å². The first-order chi connectivity index (χ1) is 8.25. The van der Waals surface area contributed by atoms with E-state index in [2.05, 4.69) is 5.32 Å². The molecule has 0 atom stereocenters. The molecule has 0 fully saturated rings. The minimum Gasteiger partial charge on any atom is -0.321 e. The van der Waals surface area contributed by atoms with Crippen molar-refractivity contribution >= 4 is 40.6 Å². The normalized spacial score (nSPS) is 10.6. The highest BCUT2D eigenvalue weighted by atomic mass is 35.5. The minimum atomic E-state index is -0.190. The van der Waals surface area contributed by atoms with Crippen LogP contribution in [0.3, 0.4) is 0 Å². The molecule has 0 aliphatic heterocycles. The van der Waals surface area contributed by atoms with Gasteiger partial charge in [-0.15, -0.1) is 0 Å². The smallest absolute Gasteiger partial charge is 0.248 e. The van der Waals surface area contributed by atoms with E-state index in [-0.39, 0.29) is 5.91 Å². The first-order valence-electron chi connectivity index (χ1n) is 5.01. The van der Waals surface area contributed by atoms with Gasteiger partial charge in [-0.3, -0.25) is 4.79 Å². The van der Waals surface area contributed by atoms with Crippen LogP contribution in [0.15, 0.2) is 47.2 Å². The Morgan fingerprint density at radius 2 is 2.12 bits per heavy atom. The Labute approximate surface area is 109 Å². The van der Waals surface area contributed by atoms with Crippen LogP contribution in [0.2, 0.25) is 5.02 Å². The largest absolute Gasteiger partial charge is 0.321 e. The second kappa shape index (κ2) is 5.66. The number of carbonyl (C=O) groups is 1. The zero-order valence-corrected chi connectivity index (χ0v) is 10.5. The molecule has 2 rings (SSSR count). The van der Waals surface area contributed by atoms with Crippen LogP contribution < -0.4 is 5.32 Å². The van der Waals surface area contributed by atoms with Crippen LogP contribution in [0.25, 0.3) is 6.08 Å². The molecular weight excluding hydrogens is 254 g/mol. The number of benzene rings is 1. The van der Waals surface area contributed by atoms with Crippen LogP contribution >= 0.6 is 22.9 Å². The second-order valence-corrected chi connectivity index (χ2v) is 4.55. The lowest BCUT2D eigenvalue weighted by atomic mass is 10.3. The fraction of sp³-hybridized carbons (Fsp3) is 0. The lowest BCUT2D eigenvalue weighted by molar-refractivity contribution is -0.111. The number of rotatable bonds is 3. The number of carbonyl (C=O) groups excluding carboxylic acids is 1. The highest BCUT2D eigenvalue weighted by Crippen LogP contribution is 2.20. The van der Waals surface area contributed by atoms with Crippen molar-refractivity contribution < 1.29 is 4.79 Å². The molecule has 2 nitrogen and oxygen atoms in total. The van der Waals surface area contributed by atoms with Crippen molar-refractivity contribution in [2.45, 2.75) is 0 Å². The Morgan fingerprint density at radius 1 is 1.29 bits per heavy atom. The number of nitrogens with one attached hydrogen (secondary N) is 1. The van der Waals surface area contributed by atoms with Crippen molar-refractivity contribution in [3.63, 3.8) is 0 Å². The van der Waals surface area contributed by atoms with Gasteiger partial charge in [-0.1, -0.05) is 23.7 Å². The van der Waals surface area contributed by atoms with Crippen molar-refractivity contribution in [3.8, 4) is 0 Å². The fourth-order valence-electron chi connectivity index (χ4n) is 1.28. The third-order valence-corrected chi connectivity index (χ3v) is 3.13. The molecule has 4 heteroatoms. The third kappa shape index (κ3) is 3.44. The zero-order valence-electron chi connectivity index (χ0n) is 8.89. The van der Waals surface area contributed by atoms with Crippen molar-refractivity contribution in [1.82, 2.24) is 0 Å². The summed E-state index contributed by atoms with van der Waals surface area (Å²) in [6.45, 7) is 0. The molecule has 0 unspecified atom stereocenters. The van der Waals surface area contributed by atoms with E-state index in [0.717, 1.165) is 5.56 Å². The van der Waals surface area contributed by atoms with Crippen molar-refractivity contribution in [1.29, 1.82) is 0 Å². The van der Waals surface area contributed by atoms with E-state index in [0.29, 0.717) is 10.7 Å². The van der Waals surface area contributed by atoms with Gasteiger partial charge in [-0.05, 0) is 40.6 Å². The van der Waals surface area contributed by atoms with Crippen LogP contribution in [0, 0.1) is 0 Å². The number of hydrogen-bond acceptors (Lipinski definition) is 2. The number of hydrogen-bond donors (Lipinski definition) is 1. The molecule has 0 saturated heterocycles. The molecule has 0 saturated carbocycles. The van der Waals surface area contributed by atoms with Crippen LogP contribution in [0.1, 0.15) is 5.56 Å². The molecule has 1 N–H and O–H groups in total. The summed E-state index contributed by atoms with van der Waals surface area (Å²) in [5, 5.41) is 7.19. The molecule has 0 radical (unpaired) electrons. The van der Waals surface area contributed by atoms with E-state index in [4.69, 9.17) is 11.6 Å². The molecule has 0 bridgehead atoms. The Morgan fingerprint density at radius 3 is 2.82 bits per heavy atom. The highest BCUT2D eigenvalue weighted by Gasteiger charge is 2.01. The maximum atomic E-state index is 11.6. The van der Waals surface area contributed by atoms with E-state index in [9.17, 15) is 4.79 Å². The molecule has 1 aromatic heterocycles. The van der Waals surface area contributed by atoms with Gasteiger partial charge in [0.05, 0.1) is 10.7 Å². The summed E-state index contributed by atoms with van der Waals surface area (Å²) in [5.41, 5.74) is 1.64. The fourth-order valence-corrected chi connectivity index (χ4v) is 2.09. The van der Waals surface area contributed by atoms with E-state index in [1.807, 2.05) is 29.0 Å². The lowest BCUT2D eigenvalue weighted by Gasteiger charge is -2.03. The molecule has 2 aromatic rings. The minimum absolute atomic E-state index is 0.190. The second-order valence-electron chi connectivity index (χ2n) is 3.36. The van der Waals surface area contributed by atoms with Gasteiger partial charge >= 0.3 is 0 Å². The summed E-state index contributed by atoms with van der Waals surface area (Å²) in [6, 6.07) is 9.09. The first kappa shape index (κ1) is 11.9.